The maximum absolute atomic E-state index is 11.7. The van der Waals surface area contributed by atoms with Crippen LogP contribution < -0.4 is 5.73 Å². The molecule has 1 rings (SSSR count). The zero-order valence-corrected chi connectivity index (χ0v) is 9.62. The van der Waals surface area contributed by atoms with Gasteiger partial charge in [0, 0.05) is 11.8 Å². The van der Waals surface area contributed by atoms with Gasteiger partial charge in [-0.25, -0.2) is 13.8 Å². The minimum absolute atomic E-state index is 0.125. The lowest BCUT2D eigenvalue weighted by atomic mass is 10.2. The predicted molar refractivity (Wildman–Crippen MR) is 57.2 cm³/mol. The second-order valence-electron chi connectivity index (χ2n) is 3.20. The molecule has 1 atom stereocenters. The Morgan fingerprint density at radius 2 is 2.35 bits per heavy atom. The highest BCUT2D eigenvalue weighted by molar-refractivity contribution is 7.09. The van der Waals surface area contributed by atoms with Gasteiger partial charge in [0.1, 0.15) is 12.6 Å². The van der Waals surface area contributed by atoms with Gasteiger partial charge in [0.15, 0.2) is 0 Å². The average molecular weight is 266 g/mol. The summed E-state index contributed by atoms with van der Waals surface area (Å²) in [7, 11) is 0. The number of carboxylic acid groups (broad SMARTS) is 1. The van der Waals surface area contributed by atoms with E-state index >= 15 is 0 Å². The van der Waals surface area contributed by atoms with Crippen LogP contribution in [0.25, 0.3) is 0 Å². The Morgan fingerprint density at radius 1 is 1.65 bits per heavy atom. The van der Waals surface area contributed by atoms with Crippen LogP contribution in [-0.2, 0) is 16.0 Å². The fourth-order valence-corrected chi connectivity index (χ4v) is 1.86. The van der Waals surface area contributed by atoms with E-state index < -0.39 is 25.0 Å². The number of thiazole rings is 1. The van der Waals surface area contributed by atoms with E-state index in [2.05, 4.69) is 9.72 Å². The minimum Gasteiger partial charge on any atom is -0.480 e. The van der Waals surface area contributed by atoms with Crippen LogP contribution in [0.2, 0.25) is 0 Å². The molecule has 0 aromatic carbocycles. The van der Waals surface area contributed by atoms with Crippen LogP contribution >= 0.6 is 11.3 Å². The lowest BCUT2D eigenvalue weighted by Crippen LogP contribution is -2.21. The topological polar surface area (TPSA) is 85.4 Å². The monoisotopic (exact) mass is 266 g/mol. The summed E-state index contributed by atoms with van der Waals surface area (Å²) in [5.74, 6) is -1.16. The Labute approximate surface area is 100 Å². The summed E-state index contributed by atoms with van der Waals surface area (Å²) in [6.07, 6.45) is -2.12. The molecule has 5 nitrogen and oxygen atoms in total. The van der Waals surface area contributed by atoms with Crippen molar-refractivity contribution < 1.29 is 23.4 Å². The van der Waals surface area contributed by atoms with Crippen molar-refractivity contribution in [3.63, 3.8) is 0 Å². The third kappa shape index (κ3) is 4.72. The van der Waals surface area contributed by atoms with Gasteiger partial charge in [-0.05, 0) is 0 Å². The molecule has 0 aliphatic rings. The average Bonchev–Trinajstić information content (AvgIpc) is 2.71. The molecule has 17 heavy (non-hydrogen) atoms. The van der Waals surface area contributed by atoms with E-state index in [-0.39, 0.29) is 12.3 Å². The molecular weight excluding hydrogens is 254 g/mol. The molecule has 0 amide bonds. The molecule has 0 bridgehead atoms. The van der Waals surface area contributed by atoms with Gasteiger partial charge in [0.05, 0.1) is 17.3 Å². The number of aliphatic carboxylic acids is 1. The van der Waals surface area contributed by atoms with E-state index in [1.165, 1.54) is 11.3 Å². The van der Waals surface area contributed by atoms with Crippen molar-refractivity contribution in [1.29, 1.82) is 0 Å². The quantitative estimate of drug-likeness (QED) is 0.720. The van der Waals surface area contributed by atoms with Crippen LogP contribution in [0.15, 0.2) is 5.38 Å². The predicted octanol–water partition coefficient (Wildman–Crippen LogP) is 1.05. The van der Waals surface area contributed by atoms with Gasteiger partial charge in [-0.3, -0.25) is 4.79 Å². The second-order valence-corrected chi connectivity index (χ2v) is 4.14. The normalized spacial score (nSPS) is 12.9. The van der Waals surface area contributed by atoms with Gasteiger partial charge in [0.2, 0.25) is 0 Å². The van der Waals surface area contributed by atoms with Crippen molar-refractivity contribution in [2.75, 3.05) is 13.2 Å². The van der Waals surface area contributed by atoms with E-state index in [0.717, 1.165) is 0 Å². The largest absolute Gasteiger partial charge is 0.480 e. The number of ether oxygens (including phenoxy) is 1. The van der Waals surface area contributed by atoms with E-state index in [9.17, 15) is 13.6 Å². The van der Waals surface area contributed by atoms with Gasteiger partial charge < -0.3 is 15.6 Å². The number of nitrogens with zero attached hydrogens (tertiary/aromatic N) is 1. The summed E-state index contributed by atoms with van der Waals surface area (Å²) in [6, 6.07) is -1.15. The molecule has 0 aliphatic heterocycles. The number of hydrogen-bond donors (Lipinski definition) is 2. The third-order valence-corrected chi connectivity index (χ3v) is 2.79. The highest BCUT2D eigenvalue weighted by Crippen LogP contribution is 2.16. The lowest BCUT2D eigenvalue weighted by Gasteiger charge is -2.02. The standard InChI is InChI=1S/C9H12F2N2O3S/c10-6(11)3-16-2-1-7-13-5(4-17-7)8(12)9(14)15/h4,6,8H,1-3,12H2,(H,14,15). The Balaban J connectivity index is 2.38. The second kappa shape index (κ2) is 6.58. The zero-order valence-electron chi connectivity index (χ0n) is 8.81. The van der Waals surface area contributed by atoms with Crippen LogP contribution in [-0.4, -0.2) is 35.7 Å². The van der Waals surface area contributed by atoms with Crippen LogP contribution in [0.4, 0.5) is 8.78 Å². The number of hydrogen-bond acceptors (Lipinski definition) is 5. The zero-order chi connectivity index (χ0) is 12.8. The maximum atomic E-state index is 11.7. The van der Waals surface area contributed by atoms with Crippen molar-refractivity contribution in [1.82, 2.24) is 4.98 Å². The fourth-order valence-electron chi connectivity index (χ4n) is 1.04. The van der Waals surface area contributed by atoms with Crippen molar-refractivity contribution in [3.05, 3.63) is 16.1 Å². The molecule has 3 N–H and O–H groups in total. The molecule has 0 spiro atoms. The Kier molecular flexibility index (Phi) is 5.39. The van der Waals surface area contributed by atoms with Gasteiger partial charge in [-0.15, -0.1) is 11.3 Å². The van der Waals surface area contributed by atoms with Crippen LogP contribution in [0.5, 0.6) is 0 Å². The SMILES string of the molecule is NC(C(=O)O)c1csc(CCOCC(F)F)n1. The highest BCUT2D eigenvalue weighted by Gasteiger charge is 2.17. The number of alkyl halides is 2. The number of halogens is 2. The minimum atomic E-state index is -2.48. The van der Waals surface area contributed by atoms with E-state index in [0.29, 0.717) is 11.4 Å². The van der Waals surface area contributed by atoms with Crippen LogP contribution in [0.3, 0.4) is 0 Å². The molecule has 0 radical (unpaired) electrons. The molecule has 1 aromatic heterocycles. The Hall–Kier alpha value is -1.12. The summed E-state index contributed by atoms with van der Waals surface area (Å²) in [6.45, 7) is -0.480. The molecule has 0 saturated heterocycles. The van der Waals surface area contributed by atoms with Crippen molar-refractivity contribution in [3.8, 4) is 0 Å². The van der Waals surface area contributed by atoms with Gasteiger partial charge in [-0.1, -0.05) is 0 Å². The molecule has 0 aliphatic carbocycles. The molecule has 0 fully saturated rings. The number of carbonyl (C=O) groups is 1. The summed E-state index contributed by atoms with van der Waals surface area (Å²) in [5, 5.41) is 10.8. The first-order valence-electron chi connectivity index (χ1n) is 4.79. The van der Waals surface area contributed by atoms with E-state index in [1.807, 2.05) is 0 Å². The molecule has 0 saturated carbocycles. The van der Waals surface area contributed by atoms with Crippen molar-refractivity contribution in [2.24, 2.45) is 5.73 Å². The third-order valence-electron chi connectivity index (χ3n) is 1.86. The molecule has 96 valence electrons. The van der Waals surface area contributed by atoms with E-state index in [4.69, 9.17) is 10.8 Å². The smallest absolute Gasteiger partial charge is 0.326 e. The number of nitrogens with two attached hydrogens (primary N) is 1. The number of carboxylic acids is 1. The first kappa shape index (κ1) is 13.9. The molecule has 1 aromatic rings. The Bertz CT molecular complexity index is 373. The van der Waals surface area contributed by atoms with E-state index in [1.54, 1.807) is 5.38 Å². The van der Waals surface area contributed by atoms with Crippen LogP contribution in [0, 0.1) is 0 Å². The van der Waals surface area contributed by atoms with Crippen molar-refractivity contribution in [2.45, 2.75) is 18.9 Å². The fraction of sp³-hybridized carbons (Fsp3) is 0.556. The first-order valence-corrected chi connectivity index (χ1v) is 5.67. The summed E-state index contributed by atoms with van der Waals surface area (Å²) in [5.41, 5.74) is 5.63. The van der Waals surface area contributed by atoms with Crippen LogP contribution in [0.1, 0.15) is 16.7 Å². The molecule has 8 heteroatoms. The Morgan fingerprint density at radius 3 is 2.94 bits per heavy atom. The number of aromatic nitrogens is 1. The summed E-state index contributed by atoms with van der Waals surface area (Å²) < 4.78 is 28.2. The van der Waals surface area contributed by atoms with Gasteiger partial charge in [0.25, 0.3) is 6.43 Å². The summed E-state index contributed by atoms with van der Waals surface area (Å²) >= 11 is 1.23. The molecule has 1 unspecified atom stereocenters. The molecular formula is C9H12F2N2O3S. The summed E-state index contributed by atoms with van der Waals surface area (Å²) in [4.78, 5) is 14.6. The van der Waals surface area contributed by atoms with Gasteiger partial charge >= 0.3 is 5.97 Å². The maximum Gasteiger partial charge on any atom is 0.326 e. The molecule has 1 heterocycles. The van der Waals surface area contributed by atoms with Gasteiger partial charge in [-0.2, -0.15) is 0 Å². The highest BCUT2D eigenvalue weighted by atomic mass is 32.1. The lowest BCUT2D eigenvalue weighted by molar-refractivity contribution is -0.138. The van der Waals surface area contributed by atoms with Crippen molar-refractivity contribution >= 4 is 17.3 Å². The first-order chi connectivity index (χ1) is 8.00. The number of rotatable bonds is 7.